The molecule has 0 bridgehead atoms. The van der Waals surface area contributed by atoms with Gasteiger partial charge in [0.2, 0.25) is 0 Å². The topological polar surface area (TPSA) is 110 Å². The highest BCUT2D eigenvalue weighted by Crippen LogP contribution is 2.23. The molecule has 2 N–H and O–H groups in total. The van der Waals surface area contributed by atoms with Gasteiger partial charge in [-0.2, -0.15) is 0 Å². The highest BCUT2D eigenvalue weighted by molar-refractivity contribution is 9.09. The summed E-state index contributed by atoms with van der Waals surface area (Å²) >= 11 is 3.27. The Bertz CT molecular complexity index is 1430. The number of hydrogen-bond donors (Lipinski definition) is 2. The van der Waals surface area contributed by atoms with Gasteiger partial charge < -0.3 is 14.8 Å². The molecule has 1 atom stereocenters. The minimum atomic E-state index is -0.962. The van der Waals surface area contributed by atoms with Crippen LogP contribution < -0.4 is 15.5 Å². The number of aryl methyl sites for hydroxylation is 1. The lowest BCUT2D eigenvalue weighted by Crippen LogP contribution is -2.44. The van der Waals surface area contributed by atoms with Gasteiger partial charge in [-0.25, -0.2) is 9.59 Å². The summed E-state index contributed by atoms with van der Waals surface area (Å²) in [7, 11) is 0. The van der Waals surface area contributed by atoms with Gasteiger partial charge in [0.15, 0.2) is 6.23 Å². The van der Waals surface area contributed by atoms with Gasteiger partial charge in [0, 0.05) is 17.3 Å². The maximum absolute atomic E-state index is 13.2. The highest BCUT2D eigenvalue weighted by atomic mass is 79.9. The van der Waals surface area contributed by atoms with Gasteiger partial charge in [0.1, 0.15) is 12.3 Å². The van der Waals surface area contributed by atoms with Crippen molar-refractivity contribution in [3.63, 3.8) is 0 Å². The van der Waals surface area contributed by atoms with Crippen molar-refractivity contribution >= 4 is 56.2 Å². The van der Waals surface area contributed by atoms with Gasteiger partial charge in [-0.05, 0) is 42.6 Å². The van der Waals surface area contributed by atoms with Crippen molar-refractivity contribution in [2.24, 2.45) is 0 Å². The number of carbonyl (C=O) groups excluding carboxylic acids is 3. The fraction of sp³-hybridized carbons (Fsp3) is 0.172. The van der Waals surface area contributed by atoms with Gasteiger partial charge in [0.05, 0.1) is 17.6 Å². The van der Waals surface area contributed by atoms with Crippen molar-refractivity contribution in [3.05, 3.63) is 102 Å². The fourth-order valence-corrected chi connectivity index (χ4v) is 4.06. The van der Waals surface area contributed by atoms with Crippen molar-refractivity contribution in [3.8, 4) is 0 Å². The third-order valence-electron chi connectivity index (χ3n) is 5.71. The van der Waals surface area contributed by atoms with Crippen LogP contribution in [0.5, 0.6) is 0 Å². The molecule has 0 aliphatic rings. The van der Waals surface area contributed by atoms with Crippen LogP contribution in [0.3, 0.4) is 0 Å². The molecular weight excluding hydrogens is 564 g/mol. The number of alkyl halides is 1. The third-order valence-corrected chi connectivity index (χ3v) is 6.30. The van der Waals surface area contributed by atoms with Crippen LogP contribution in [0.2, 0.25) is 0 Å². The van der Waals surface area contributed by atoms with Crippen molar-refractivity contribution in [1.29, 1.82) is 0 Å². The van der Waals surface area contributed by atoms with E-state index in [1.54, 1.807) is 36.4 Å². The zero-order valence-corrected chi connectivity index (χ0v) is 22.8. The van der Waals surface area contributed by atoms with E-state index >= 15 is 0 Å². The van der Waals surface area contributed by atoms with Crippen LogP contribution in [0.4, 0.5) is 21.0 Å². The Morgan fingerprint density at radius 3 is 2.44 bits per heavy atom. The number of aromatic nitrogens is 1. The molecule has 0 saturated heterocycles. The lowest BCUT2D eigenvalue weighted by molar-refractivity contribution is 0.0723. The normalized spacial score (nSPS) is 11.3. The summed E-state index contributed by atoms with van der Waals surface area (Å²) in [6, 6.07) is 25.5. The minimum absolute atomic E-state index is 0.0219. The van der Waals surface area contributed by atoms with E-state index in [1.807, 2.05) is 55.5 Å². The van der Waals surface area contributed by atoms with Crippen LogP contribution in [0, 0.1) is 6.92 Å². The molecule has 0 fully saturated rings. The van der Waals surface area contributed by atoms with Crippen molar-refractivity contribution in [2.45, 2.75) is 13.2 Å². The lowest BCUT2D eigenvalue weighted by Gasteiger charge is -2.25. The Morgan fingerprint density at radius 2 is 1.69 bits per heavy atom. The molecule has 3 aromatic carbocycles. The smallest absolute Gasteiger partial charge is 0.416 e. The summed E-state index contributed by atoms with van der Waals surface area (Å²) in [6.07, 6.45) is -0.831. The van der Waals surface area contributed by atoms with Gasteiger partial charge in [0.25, 0.3) is 5.91 Å². The second kappa shape index (κ2) is 13.4. The molecule has 0 saturated carbocycles. The van der Waals surface area contributed by atoms with E-state index in [9.17, 15) is 14.4 Å². The van der Waals surface area contributed by atoms with Crippen LogP contribution in [-0.4, -0.2) is 47.8 Å². The monoisotopic (exact) mass is 590 g/mol. The quantitative estimate of drug-likeness (QED) is 0.186. The van der Waals surface area contributed by atoms with Crippen molar-refractivity contribution in [1.82, 2.24) is 10.3 Å². The van der Waals surface area contributed by atoms with E-state index in [1.165, 1.54) is 11.1 Å². The largest absolute Gasteiger partial charge is 0.447 e. The van der Waals surface area contributed by atoms with Gasteiger partial charge in [-0.15, -0.1) is 0 Å². The zero-order chi connectivity index (χ0) is 27.6. The molecule has 10 heteroatoms. The molecule has 1 unspecified atom stereocenters. The average molecular weight is 591 g/mol. The summed E-state index contributed by atoms with van der Waals surface area (Å²) in [4.78, 5) is 43.6. The first-order valence-electron chi connectivity index (χ1n) is 12.2. The first-order valence-corrected chi connectivity index (χ1v) is 13.3. The molecule has 1 heterocycles. The van der Waals surface area contributed by atoms with E-state index in [0.717, 1.165) is 16.3 Å². The Labute approximate surface area is 234 Å². The molecule has 0 aliphatic carbocycles. The number of anilines is 2. The Morgan fingerprint density at radius 1 is 0.949 bits per heavy atom. The van der Waals surface area contributed by atoms with Gasteiger partial charge in [-0.3, -0.25) is 20.0 Å². The maximum atomic E-state index is 13.2. The number of ether oxygens (including phenoxy) is 2. The first-order chi connectivity index (χ1) is 18.9. The molecule has 0 spiro atoms. The molecule has 0 aliphatic heterocycles. The molecule has 200 valence electrons. The summed E-state index contributed by atoms with van der Waals surface area (Å²) in [5.74, 6) is -0.483. The second-order valence-corrected chi connectivity index (χ2v) is 9.14. The van der Waals surface area contributed by atoms with Crippen LogP contribution in [0.1, 0.15) is 16.1 Å². The molecule has 4 aromatic rings. The van der Waals surface area contributed by atoms with E-state index in [4.69, 9.17) is 9.47 Å². The minimum Gasteiger partial charge on any atom is -0.447 e. The van der Waals surface area contributed by atoms with E-state index < -0.39 is 24.3 Å². The Kier molecular flexibility index (Phi) is 9.47. The third kappa shape index (κ3) is 7.55. The summed E-state index contributed by atoms with van der Waals surface area (Å²) in [5.41, 5.74) is 2.38. The van der Waals surface area contributed by atoms with Gasteiger partial charge in [-0.1, -0.05) is 76.1 Å². The summed E-state index contributed by atoms with van der Waals surface area (Å²) in [5, 5.41) is 7.42. The number of nitrogens with one attached hydrogen (secondary N) is 2. The maximum Gasteiger partial charge on any atom is 0.416 e. The number of hydrogen-bond acceptors (Lipinski definition) is 6. The van der Waals surface area contributed by atoms with E-state index in [2.05, 4.69) is 31.5 Å². The molecular formula is C29H27BrN4O5. The number of rotatable bonds is 9. The fourth-order valence-electron chi connectivity index (χ4n) is 3.76. The number of amides is 3. The molecule has 1 aromatic heterocycles. The highest BCUT2D eigenvalue weighted by Gasteiger charge is 2.23. The lowest BCUT2D eigenvalue weighted by atomic mass is 10.1. The predicted octanol–water partition coefficient (Wildman–Crippen LogP) is 5.89. The number of carbonyl (C=O) groups is 3. The SMILES string of the molecule is Cc1ccc(N(CCOC(=O)Nc2cccc3ccccc23)C(=O)OC(CBr)NC(=O)c2ccccn2)cc1. The first kappa shape index (κ1) is 27.6. The molecule has 9 nitrogen and oxygen atoms in total. The average Bonchev–Trinajstić information content (AvgIpc) is 2.96. The standard InChI is InChI=1S/C29H27BrN4O5/c1-20-12-14-22(15-13-20)34(29(37)39-26(19-30)33-27(35)25-10-4-5-16-31-25)17-18-38-28(36)32-24-11-6-8-21-7-2-3-9-23(21)24/h2-16,26H,17-19H2,1H3,(H,32,36)(H,33,35). The van der Waals surface area contributed by atoms with Crippen LogP contribution in [0.25, 0.3) is 10.8 Å². The number of fused-ring (bicyclic) bond motifs is 1. The van der Waals surface area contributed by atoms with Crippen LogP contribution in [0.15, 0.2) is 91.1 Å². The Hall–Kier alpha value is -4.44. The van der Waals surface area contributed by atoms with E-state index in [-0.39, 0.29) is 24.2 Å². The van der Waals surface area contributed by atoms with Crippen LogP contribution in [-0.2, 0) is 9.47 Å². The molecule has 0 radical (unpaired) electrons. The Balaban J connectivity index is 1.39. The zero-order valence-electron chi connectivity index (χ0n) is 21.2. The van der Waals surface area contributed by atoms with Gasteiger partial charge >= 0.3 is 12.2 Å². The summed E-state index contributed by atoms with van der Waals surface area (Å²) < 4.78 is 11.0. The van der Waals surface area contributed by atoms with Crippen molar-refractivity contribution in [2.75, 3.05) is 28.7 Å². The second-order valence-electron chi connectivity index (χ2n) is 8.49. The van der Waals surface area contributed by atoms with Crippen LogP contribution >= 0.6 is 15.9 Å². The van der Waals surface area contributed by atoms with Crippen molar-refractivity contribution < 1.29 is 23.9 Å². The molecule has 39 heavy (non-hydrogen) atoms. The van der Waals surface area contributed by atoms with E-state index in [0.29, 0.717) is 11.4 Å². The summed E-state index contributed by atoms with van der Waals surface area (Å²) in [6.45, 7) is 1.86. The number of pyridine rings is 1. The predicted molar refractivity (Wildman–Crippen MR) is 153 cm³/mol. The molecule has 4 rings (SSSR count). The number of halogens is 1. The number of benzene rings is 3. The molecule has 3 amide bonds. The number of nitrogens with zero attached hydrogens (tertiary/aromatic N) is 2.